The molecule has 0 aromatic rings. The van der Waals surface area contributed by atoms with Crippen LogP contribution in [-0.2, 0) is 14.3 Å². The van der Waals surface area contributed by atoms with Gasteiger partial charge in [0.1, 0.15) is 0 Å². The van der Waals surface area contributed by atoms with E-state index < -0.39 is 24.3 Å². The number of carbonyl (C=O) groups excluding carboxylic acids is 1. The van der Waals surface area contributed by atoms with E-state index >= 15 is 0 Å². The molecule has 0 aliphatic rings. The summed E-state index contributed by atoms with van der Waals surface area (Å²) < 4.78 is 12.0. The van der Waals surface area contributed by atoms with Gasteiger partial charge in [0.2, 0.25) is 0 Å². The van der Waals surface area contributed by atoms with E-state index in [4.69, 9.17) is 9.84 Å². The van der Waals surface area contributed by atoms with Gasteiger partial charge in [-0.25, -0.2) is 0 Å². The quantitative estimate of drug-likeness (QED) is 0.0591. The van der Waals surface area contributed by atoms with E-state index in [1.165, 1.54) is 77.5 Å². The second-order valence-electron chi connectivity index (χ2n) is 9.50. The standard InChI is InChI=1S/C15H25O4.3C4H9.Sn/c1-2-15(18)19-13-11-9-7-5-3-4-6-8-10-12-14(16)17;3*1-3-4-2;/h1-2H,3-13H2,(H,16,17);3*1,3-4H2,2H3;. The van der Waals surface area contributed by atoms with Gasteiger partial charge >= 0.3 is 174 Å². The molecule has 1 N–H and O–H groups in total. The van der Waals surface area contributed by atoms with Gasteiger partial charge < -0.3 is 5.11 Å². The molecule has 0 saturated heterocycles. The average Bonchev–Trinajstić information content (AvgIpc) is 2.78. The fourth-order valence-corrected chi connectivity index (χ4v) is 18.3. The van der Waals surface area contributed by atoms with Crippen molar-refractivity contribution in [3.8, 4) is 0 Å². The summed E-state index contributed by atoms with van der Waals surface area (Å²) in [6.45, 7) is 7.37. The molecule has 0 heterocycles. The van der Waals surface area contributed by atoms with Gasteiger partial charge in [-0.2, -0.15) is 0 Å². The van der Waals surface area contributed by atoms with Gasteiger partial charge in [0.25, 0.3) is 0 Å². The van der Waals surface area contributed by atoms with Gasteiger partial charge in [0, 0.05) is 6.42 Å². The molecule has 0 aromatic heterocycles. The van der Waals surface area contributed by atoms with Crippen molar-refractivity contribution in [3.05, 3.63) is 10.2 Å². The van der Waals surface area contributed by atoms with E-state index in [0.717, 1.165) is 32.1 Å². The van der Waals surface area contributed by atoms with Gasteiger partial charge in [-0.15, -0.1) is 0 Å². The Kier molecular flexibility index (Phi) is 21.9. The summed E-state index contributed by atoms with van der Waals surface area (Å²) in [7, 11) is 0. The molecule has 0 aliphatic carbocycles. The Bertz CT molecular complexity index is 468. The molecule has 0 aromatic carbocycles. The Labute approximate surface area is 202 Å². The van der Waals surface area contributed by atoms with Crippen LogP contribution in [0.1, 0.15) is 124 Å². The van der Waals surface area contributed by atoms with Crippen LogP contribution in [-0.4, -0.2) is 42.0 Å². The first-order chi connectivity index (χ1) is 15.5. The first-order valence-electron chi connectivity index (χ1n) is 13.6. The zero-order valence-corrected chi connectivity index (χ0v) is 24.3. The molecule has 0 bridgehead atoms. The number of ether oxygens (including phenoxy) is 1. The first-order valence-corrected chi connectivity index (χ1v) is 21.3. The topological polar surface area (TPSA) is 63.6 Å². The third kappa shape index (κ3) is 19.0. The van der Waals surface area contributed by atoms with E-state index in [2.05, 4.69) is 24.9 Å². The molecule has 0 amide bonds. The van der Waals surface area contributed by atoms with Crippen molar-refractivity contribution >= 4 is 30.3 Å². The molecule has 0 rings (SSSR count). The van der Waals surface area contributed by atoms with Crippen LogP contribution in [0.25, 0.3) is 0 Å². The van der Waals surface area contributed by atoms with Crippen molar-refractivity contribution in [1.82, 2.24) is 0 Å². The van der Waals surface area contributed by atoms with Crippen LogP contribution in [0.2, 0.25) is 13.3 Å². The van der Waals surface area contributed by atoms with Gasteiger partial charge in [-0.1, -0.05) is 6.42 Å². The molecule has 5 heteroatoms. The third-order valence-corrected chi connectivity index (χ3v) is 20.5. The van der Waals surface area contributed by atoms with E-state index in [-0.39, 0.29) is 5.97 Å². The normalized spacial score (nSPS) is 11.8. The molecule has 4 nitrogen and oxygen atoms in total. The van der Waals surface area contributed by atoms with Crippen LogP contribution in [0.4, 0.5) is 0 Å². The summed E-state index contributed by atoms with van der Waals surface area (Å²) in [6.07, 6.45) is 19.6. The van der Waals surface area contributed by atoms with Crippen molar-refractivity contribution in [2.75, 3.05) is 6.61 Å². The van der Waals surface area contributed by atoms with Gasteiger partial charge in [0.05, 0.1) is 0 Å². The average molecular weight is 559 g/mol. The zero-order valence-electron chi connectivity index (χ0n) is 21.5. The van der Waals surface area contributed by atoms with E-state index in [1.54, 1.807) is 6.08 Å². The molecule has 0 atom stereocenters. The van der Waals surface area contributed by atoms with Gasteiger partial charge in [-0.3, -0.25) is 4.79 Å². The Morgan fingerprint density at radius 1 is 0.688 bits per heavy atom. The second kappa shape index (κ2) is 22.3. The van der Waals surface area contributed by atoms with E-state index in [0.29, 0.717) is 13.0 Å². The maximum atomic E-state index is 12.3. The minimum atomic E-state index is -2.38. The van der Waals surface area contributed by atoms with E-state index in [1.807, 2.05) is 0 Å². The molecular formula is C27H52O4Sn. The summed E-state index contributed by atoms with van der Waals surface area (Å²) in [5.41, 5.74) is 0. The number of carboxylic acids is 1. The maximum absolute atomic E-state index is 12.3. The third-order valence-electron chi connectivity index (χ3n) is 6.44. The molecule has 0 aliphatic heterocycles. The Morgan fingerprint density at radius 2 is 1.12 bits per heavy atom. The van der Waals surface area contributed by atoms with Crippen LogP contribution in [0, 0.1) is 0 Å². The summed E-state index contributed by atoms with van der Waals surface area (Å²) in [5, 5.41) is 8.62. The molecule has 0 spiro atoms. The number of hydrogen-bond acceptors (Lipinski definition) is 3. The van der Waals surface area contributed by atoms with Crippen LogP contribution < -0.4 is 0 Å². The number of unbranched alkanes of at least 4 members (excludes halogenated alkanes) is 11. The summed E-state index contributed by atoms with van der Waals surface area (Å²) >= 11 is -2.38. The Hall–Kier alpha value is -0.521. The fraction of sp³-hybridized carbons (Fsp3) is 0.852. The van der Waals surface area contributed by atoms with Crippen molar-refractivity contribution in [1.29, 1.82) is 0 Å². The summed E-state index contributed by atoms with van der Waals surface area (Å²) in [6, 6.07) is 0. The number of esters is 1. The summed E-state index contributed by atoms with van der Waals surface area (Å²) in [5.74, 6) is -0.815. The second-order valence-corrected chi connectivity index (χ2v) is 22.5. The predicted molar refractivity (Wildman–Crippen MR) is 139 cm³/mol. The Balaban J connectivity index is 4.07. The van der Waals surface area contributed by atoms with Crippen LogP contribution in [0.15, 0.2) is 10.2 Å². The van der Waals surface area contributed by atoms with Crippen LogP contribution in [0.5, 0.6) is 0 Å². The van der Waals surface area contributed by atoms with Crippen molar-refractivity contribution in [2.45, 2.75) is 137 Å². The van der Waals surface area contributed by atoms with Crippen LogP contribution >= 0.6 is 0 Å². The zero-order chi connectivity index (χ0) is 23.9. The van der Waals surface area contributed by atoms with E-state index in [9.17, 15) is 9.59 Å². The monoisotopic (exact) mass is 560 g/mol. The molecular weight excluding hydrogens is 507 g/mol. The number of hydrogen-bond donors (Lipinski definition) is 1. The minimum absolute atomic E-state index is 0.128. The Morgan fingerprint density at radius 3 is 1.56 bits per heavy atom. The SMILES string of the molecule is CCC[CH2][Sn](/[CH]=C/C(=O)OCCCCCCCCCCCC(=O)O)([CH2]CCC)[CH2]CCC. The van der Waals surface area contributed by atoms with Crippen molar-refractivity contribution in [3.63, 3.8) is 0 Å². The van der Waals surface area contributed by atoms with Gasteiger partial charge in [-0.05, 0) is 6.42 Å². The fourth-order valence-electron chi connectivity index (χ4n) is 4.29. The number of aliphatic carboxylic acids is 1. The number of carboxylic acid groups (broad SMARTS) is 1. The molecule has 32 heavy (non-hydrogen) atoms. The number of rotatable bonds is 23. The first kappa shape index (κ1) is 31.5. The molecule has 0 radical (unpaired) electrons. The van der Waals surface area contributed by atoms with Crippen LogP contribution in [0.3, 0.4) is 0 Å². The van der Waals surface area contributed by atoms with Gasteiger partial charge in [0.15, 0.2) is 0 Å². The van der Waals surface area contributed by atoms with Crippen molar-refractivity contribution in [2.24, 2.45) is 0 Å². The summed E-state index contributed by atoms with van der Waals surface area (Å²) in [4.78, 5) is 22.8. The molecule has 0 fully saturated rings. The van der Waals surface area contributed by atoms with Crippen molar-refractivity contribution < 1.29 is 19.4 Å². The molecule has 0 saturated carbocycles. The molecule has 188 valence electrons. The number of carbonyl (C=O) groups is 2. The molecule has 0 unspecified atom stereocenters. The predicted octanol–water partition coefficient (Wildman–Crippen LogP) is 8.46.